The number of oxazole rings is 1. The van der Waals surface area contributed by atoms with Crippen molar-refractivity contribution in [2.24, 2.45) is 0 Å². The Kier molecular flexibility index (Phi) is 5.18. The van der Waals surface area contributed by atoms with Crippen LogP contribution in [0.3, 0.4) is 0 Å². The Hall–Kier alpha value is -3.75. The van der Waals surface area contributed by atoms with Gasteiger partial charge in [0.15, 0.2) is 11.5 Å². The predicted octanol–water partition coefficient (Wildman–Crippen LogP) is 3.54. The van der Waals surface area contributed by atoms with Crippen LogP contribution in [0.4, 0.5) is 5.69 Å². The van der Waals surface area contributed by atoms with E-state index >= 15 is 0 Å². The minimum atomic E-state index is -0.740. The molecule has 9 nitrogen and oxygen atoms in total. The third-order valence-electron chi connectivity index (χ3n) is 5.16. The summed E-state index contributed by atoms with van der Waals surface area (Å²) in [5.41, 5.74) is 1.15. The number of fused-ring (bicyclic) bond motifs is 1. The van der Waals surface area contributed by atoms with E-state index in [0.717, 1.165) is 24.4 Å². The van der Waals surface area contributed by atoms with Crippen molar-refractivity contribution >= 4 is 28.7 Å². The first kappa shape index (κ1) is 19.6. The molecule has 1 atom stereocenters. The van der Waals surface area contributed by atoms with Crippen molar-refractivity contribution in [2.45, 2.75) is 18.8 Å². The minimum absolute atomic E-state index is 0.0393. The highest BCUT2D eigenvalue weighted by Gasteiger charge is 2.30. The minimum Gasteiger partial charge on any atom is -0.465 e. The molecule has 1 fully saturated rings. The van der Waals surface area contributed by atoms with Crippen molar-refractivity contribution in [2.75, 3.05) is 20.2 Å². The summed E-state index contributed by atoms with van der Waals surface area (Å²) < 4.78 is 10.5. The molecule has 1 aromatic heterocycles. The number of amides is 1. The number of methoxy groups -OCH3 is 1. The molecular formula is C21H19N3O6. The van der Waals surface area contributed by atoms with Gasteiger partial charge in [-0.05, 0) is 31.0 Å². The van der Waals surface area contributed by atoms with Gasteiger partial charge in [-0.25, -0.2) is 9.78 Å². The summed E-state index contributed by atoms with van der Waals surface area (Å²) in [7, 11) is 1.18. The van der Waals surface area contributed by atoms with Crippen molar-refractivity contribution in [3.63, 3.8) is 0 Å². The maximum Gasteiger partial charge on any atom is 0.338 e. The number of esters is 1. The lowest BCUT2D eigenvalue weighted by atomic mass is 9.97. The van der Waals surface area contributed by atoms with Crippen molar-refractivity contribution in [1.82, 2.24) is 9.88 Å². The number of aromatic nitrogens is 1. The molecule has 2 aromatic carbocycles. The van der Waals surface area contributed by atoms with E-state index in [2.05, 4.69) is 9.72 Å². The van der Waals surface area contributed by atoms with Gasteiger partial charge in [0, 0.05) is 30.8 Å². The number of likely N-dealkylation sites (tertiary alicyclic amines) is 1. The van der Waals surface area contributed by atoms with Crippen LogP contribution in [-0.2, 0) is 4.74 Å². The van der Waals surface area contributed by atoms with E-state index in [0.29, 0.717) is 24.6 Å². The number of carbonyl (C=O) groups is 2. The van der Waals surface area contributed by atoms with E-state index in [1.807, 2.05) is 24.3 Å². The highest BCUT2D eigenvalue weighted by atomic mass is 16.6. The van der Waals surface area contributed by atoms with Crippen LogP contribution in [-0.4, -0.2) is 46.9 Å². The third kappa shape index (κ3) is 3.73. The zero-order valence-corrected chi connectivity index (χ0v) is 16.2. The molecule has 154 valence electrons. The number of benzene rings is 2. The van der Waals surface area contributed by atoms with Crippen LogP contribution >= 0.6 is 0 Å². The van der Waals surface area contributed by atoms with Crippen molar-refractivity contribution in [3.05, 3.63) is 69.6 Å². The van der Waals surface area contributed by atoms with E-state index in [-0.39, 0.29) is 28.6 Å². The summed E-state index contributed by atoms with van der Waals surface area (Å²) in [6, 6.07) is 11.1. The van der Waals surface area contributed by atoms with E-state index in [4.69, 9.17) is 4.42 Å². The van der Waals surface area contributed by atoms with E-state index < -0.39 is 10.9 Å². The largest absolute Gasteiger partial charge is 0.465 e. The molecule has 1 aliphatic heterocycles. The average Bonchev–Trinajstić information content (AvgIpc) is 3.22. The number of nitrogens with zero attached hydrogens (tertiary/aromatic N) is 3. The van der Waals surface area contributed by atoms with Crippen molar-refractivity contribution in [3.8, 4) is 0 Å². The summed E-state index contributed by atoms with van der Waals surface area (Å²) in [5, 5.41) is 11.2. The number of non-ortho nitro benzene ring substituents is 1. The van der Waals surface area contributed by atoms with Gasteiger partial charge in [-0.15, -0.1) is 0 Å². The van der Waals surface area contributed by atoms with Gasteiger partial charge >= 0.3 is 5.97 Å². The zero-order chi connectivity index (χ0) is 21.3. The Labute approximate surface area is 171 Å². The number of carbonyl (C=O) groups excluding carboxylic acids is 2. The Morgan fingerprint density at radius 3 is 2.73 bits per heavy atom. The van der Waals surface area contributed by atoms with Crippen molar-refractivity contribution < 1.29 is 23.7 Å². The highest BCUT2D eigenvalue weighted by molar-refractivity contribution is 5.99. The van der Waals surface area contributed by atoms with Gasteiger partial charge in [0.25, 0.3) is 11.6 Å². The second-order valence-corrected chi connectivity index (χ2v) is 7.13. The maximum atomic E-state index is 13.1. The highest BCUT2D eigenvalue weighted by Crippen LogP contribution is 2.30. The normalized spacial score (nSPS) is 16.4. The first-order chi connectivity index (χ1) is 14.5. The molecule has 30 heavy (non-hydrogen) atoms. The number of piperidine rings is 1. The van der Waals surface area contributed by atoms with E-state index in [1.54, 1.807) is 4.90 Å². The summed E-state index contributed by atoms with van der Waals surface area (Å²) in [4.78, 5) is 41.7. The first-order valence-electron chi connectivity index (χ1n) is 9.49. The molecule has 1 amide bonds. The number of ether oxygens (including phenoxy) is 1. The summed E-state index contributed by atoms with van der Waals surface area (Å²) >= 11 is 0. The fraction of sp³-hybridized carbons (Fsp3) is 0.286. The lowest BCUT2D eigenvalue weighted by Gasteiger charge is -2.31. The van der Waals surface area contributed by atoms with Crippen LogP contribution in [0.5, 0.6) is 0 Å². The molecule has 0 spiro atoms. The van der Waals surface area contributed by atoms with E-state index in [9.17, 15) is 19.7 Å². The van der Waals surface area contributed by atoms with Crippen LogP contribution in [0.25, 0.3) is 11.1 Å². The molecule has 4 rings (SSSR count). The van der Waals surface area contributed by atoms with Gasteiger partial charge in [-0.1, -0.05) is 12.1 Å². The van der Waals surface area contributed by atoms with Gasteiger partial charge in [0.05, 0.1) is 23.5 Å². The number of nitro groups is 1. The molecule has 0 saturated carbocycles. The smallest absolute Gasteiger partial charge is 0.338 e. The molecule has 0 N–H and O–H groups in total. The molecule has 0 radical (unpaired) electrons. The lowest BCUT2D eigenvalue weighted by molar-refractivity contribution is -0.384. The maximum absolute atomic E-state index is 13.1. The standard InChI is InChI=1S/C21H19N3O6/c1-29-21(26)15-9-14(10-16(11-15)24(27)28)20(25)23-8-4-5-13(12-23)19-22-17-6-2-3-7-18(17)30-19/h2-3,6-7,9-11,13H,4-5,8,12H2,1H3. The molecule has 1 unspecified atom stereocenters. The number of hydrogen-bond acceptors (Lipinski definition) is 7. The first-order valence-corrected chi connectivity index (χ1v) is 9.49. The molecule has 1 saturated heterocycles. The second kappa shape index (κ2) is 7.94. The molecule has 2 heterocycles. The molecule has 1 aliphatic rings. The molecular weight excluding hydrogens is 390 g/mol. The SMILES string of the molecule is COC(=O)c1cc(C(=O)N2CCCC(c3nc4ccccc4o3)C2)cc([N+](=O)[O-])c1. The molecule has 0 bridgehead atoms. The number of para-hydroxylation sites is 2. The van der Waals surface area contributed by atoms with Gasteiger partial charge < -0.3 is 14.1 Å². The van der Waals surface area contributed by atoms with Crippen LogP contribution in [0.1, 0.15) is 45.4 Å². The second-order valence-electron chi connectivity index (χ2n) is 7.13. The summed E-state index contributed by atoms with van der Waals surface area (Å²) in [6.07, 6.45) is 1.56. The summed E-state index contributed by atoms with van der Waals surface area (Å²) in [6.45, 7) is 0.883. The molecule has 9 heteroatoms. The Balaban J connectivity index is 1.60. The van der Waals surface area contributed by atoms with Gasteiger partial charge in [-0.2, -0.15) is 0 Å². The van der Waals surface area contributed by atoms with Crippen LogP contribution in [0.2, 0.25) is 0 Å². The lowest BCUT2D eigenvalue weighted by Crippen LogP contribution is -2.39. The fourth-order valence-electron chi connectivity index (χ4n) is 3.69. The molecule has 3 aromatic rings. The van der Waals surface area contributed by atoms with Gasteiger partial charge in [0.2, 0.25) is 0 Å². The summed E-state index contributed by atoms with van der Waals surface area (Å²) in [5.74, 6) is -0.628. The number of rotatable bonds is 4. The topological polar surface area (TPSA) is 116 Å². The zero-order valence-electron chi connectivity index (χ0n) is 16.2. The number of hydrogen-bond donors (Lipinski definition) is 0. The van der Waals surface area contributed by atoms with Crippen LogP contribution in [0, 0.1) is 10.1 Å². The van der Waals surface area contributed by atoms with E-state index in [1.165, 1.54) is 19.2 Å². The van der Waals surface area contributed by atoms with Gasteiger partial charge in [0.1, 0.15) is 5.52 Å². The Morgan fingerprint density at radius 1 is 1.23 bits per heavy atom. The Bertz CT molecular complexity index is 1110. The van der Waals surface area contributed by atoms with Crippen LogP contribution in [0.15, 0.2) is 46.9 Å². The van der Waals surface area contributed by atoms with Crippen LogP contribution < -0.4 is 0 Å². The average molecular weight is 409 g/mol. The quantitative estimate of drug-likeness (QED) is 0.367. The third-order valence-corrected chi connectivity index (χ3v) is 5.16. The van der Waals surface area contributed by atoms with Gasteiger partial charge in [-0.3, -0.25) is 14.9 Å². The molecule has 0 aliphatic carbocycles. The fourth-order valence-corrected chi connectivity index (χ4v) is 3.69. The monoisotopic (exact) mass is 409 g/mol. The van der Waals surface area contributed by atoms with Crippen molar-refractivity contribution in [1.29, 1.82) is 0 Å². The Morgan fingerprint density at radius 2 is 2.00 bits per heavy atom. The number of nitro benzene ring substituents is 1. The predicted molar refractivity (Wildman–Crippen MR) is 106 cm³/mol.